The minimum atomic E-state index is 0.314. The second-order valence-electron chi connectivity index (χ2n) is 5.70. The molecule has 3 rings (SSSR count). The molecular formula is C17H23N3OS. The number of morpholine rings is 1. The summed E-state index contributed by atoms with van der Waals surface area (Å²) in [5.41, 5.74) is 1.22. The number of nitrogens with one attached hydrogen (secondary N) is 1. The van der Waals surface area contributed by atoms with E-state index in [9.17, 15) is 0 Å². The van der Waals surface area contributed by atoms with Crippen LogP contribution in [0.4, 0.5) is 0 Å². The van der Waals surface area contributed by atoms with Gasteiger partial charge in [0.05, 0.1) is 18.8 Å². The number of thiophene rings is 1. The van der Waals surface area contributed by atoms with E-state index >= 15 is 0 Å². The standard InChI is InChI=1S/C17H23N3OS/c1-14-13-20(7-8-21-14)16(17-5-3-9-22-17)12-19-11-15-4-2-6-18-10-15/h2-6,9-10,14,16,19H,7-8,11-13H2,1H3/t14-,16-/m0/s1. The molecule has 1 saturated heterocycles. The highest BCUT2D eigenvalue weighted by atomic mass is 32.1. The van der Waals surface area contributed by atoms with Crippen molar-refractivity contribution in [2.75, 3.05) is 26.2 Å². The summed E-state index contributed by atoms with van der Waals surface area (Å²) in [4.78, 5) is 8.13. The van der Waals surface area contributed by atoms with E-state index in [2.05, 4.69) is 45.7 Å². The monoisotopic (exact) mass is 317 g/mol. The number of hydrogen-bond donors (Lipinski definition) is 1. The summed E-state index contributed by atoms with van der Waals surface area (Å²) < 4.78 is 5.68. The van der Waals surface area contributed by atoms with Crippen LogP contribution in [0.2, 0.25) is 0 Å². The van der Waals surface area contributed by atoms with Crippen LogP contribution in [0.1, 0.15) is 23.4 Å². The predicted octanol–water partition coefficient (Wildman–Crippen LogP) is 2.69. The van der Waals surface area contributed by atoms with Crippen molar-refractivity contribution in [1.29, 1.82) is 0 Å². The summed E-state index contributed by atoms with van der Waals surface area (Å²) in [6.07, 6.45) is 4.05. The van der Waals surface area contributed by atoms with Gasteiger partial charge in [0.1, 0.15) is 0 Å². The Labute approximate surface area is 136 Å². The summed E-state index contributed by atoms with van der Waals surface area (Å²) in [5, 5.41) is 5.75. The van der Waals surface area contributed by atoms with E-state index in [4.69, 9.17) is 4.74 Å². The van der Waals surface area contributed by atoms with E-state index in [1.54, 1.807) is 0 Å². The molecule has 0 saturated carbocycles. The Morgan fingerprint density at radius 3 is 3.14 bits per heavy atom. The maximum atomic E-state index is 5.68. The Morgan fingerprint density at radius 1 is 1.45 bits per heavy atom. The number of pyridine rings is 1. The van der Waals surface area contributed by atoms with Crippen molar-refractivity contribution in [2.24, 2.45) is 0 Å². The van der Waals surface area contributed by atoms with Crippen molar-refractivity contribution in [1.82, 2.24) is 15.2 Å². The molecule has 0 unspecified atom stereocenters. The third-order valence-electron chi connectivity index (χ3n) is 3.97. The van der Waals surface area contributed by atoms with Crippen LogP contribution in [0.15, 0.2) is 42.0 Å². The first-order valence-corrected chi connectivity index (χ1v) is 8.69. The van der Waals surface area contributed by atoms with Gasteiger partial charge in [0, 0.05) is 43.4 Å². The first-order valence-electron chi connectivity index (χ1n) is 7.81. The molecule has 0 spiro atoms. The number of aromatic nitrogens is 1. The molecule has 2 aromatic heterocycles. The molecule has 0 aromatic carbocycles. The molecular weight excluding hydrogens is 294 g/mol. The molecule has 1 fully saturated rings. The average molecular weight is 317 g/mol. The van der Waals surface area contributed by atoms with Gasteiger partial charge in [-0.05, 0) is 30.0 Å². The van der Waals surface area contributed by atoms with Crippen LogP contribution in [0, 0.1) is 0 Å². The van der Waals surface area contributed by atoms with E-state index < -0.39 is 0 Å². The van der Waals surface area contributed by atoms with Gasteiger partial charge in [-0.15, -0.1) is 11.3 Å². The molecule has 1 aliphatic rings. The zero-order valence-electron chi connectivity index (χ0n) is 12.9. The highest BCUT2D eigenvalue weighted by Crippen LogP contribution is 2.26. The van der Waals surface area contributed by atoms with Crippen molar-refractivity contribution >= 4 is 11.3 Å². The average Bonchev–Trinajstić information content (AvgIpc) is 3.07. The van der Waals surface area contributed by atoms with Crippen LogP contribution in [0.25, 0.3) is 0 Å². The Hall–Kier alpha value is -1.27. The summed E-state index contributed by atoms with van der Waals surface area (Å²) >= 11 is 1.84. The summed E-state index contributed by atoms with van der Waals surface area (Å²) in [6.45, 7) is 6.78. The Kier molecular flexibility index (Phi) is 5.56. The molecule has 2 atom stereocenters. The fourth-order valence-corrected chi connectivity index (χ4v) is 3.74. The van der Waals surface area contributed by atoms with Gasteiger partial charge in [-0.1, -0.05) is 12.1 Å². The minimum absolute atomic E-state index is 0.314. The number of rotatable bonds is 6. The van der Waals surface area contributed by atoms with Gasteiger partial charge in [0.25, 0.3) is 0 Å². The largest absolute Gasteiger partial charge is 0.376 e. The molecule has 5 heteroatoms. The molecule has 2 aromatic rings. The maximum Gasteiger partial charge on any atom is 0.0674 e. The lowest BCUT2D eigenvalue weighted by molar-refractivity contribution is -0.0339. The molecule has 0 amide bonds. The zero-order valence-corrected chi connectivity index (χ0v) is 13.8. The highest BCUT2D eigenvalue weighted by Gasteiger charge is 2.25. The molecule has 0 bridgehead atoms. The first-order chi connectivity index (χ1) is 10.8. The molecule has 1 N–H and O–H groups in total. The lowest BCUT2D eigenvalue weighted by atomic mass is 10.1. The van der Waals surface area contributed by atoms with E-state index in [-0.39, 0.29) is 0 Å². The van der Waals surface area contributed by atoms with Gasteiger partial charge in [0.15, 0.2) is 0 Å². The summed E-state index contributed by atoms with van der Waals surface area (Å²) in [7, 11) is 0. The molecule has 1 aliphatic heterocycles. The van der Waals surface area contributed by atoms with Crippen LogP contribution in [-0.4, -0.2) is 42.2 Å². The number of hydrogen-bond acceptors (Lipinski definition) is 5. The van der Waals surface area contributed by atoms with Gasteiger partial charge in [-0.2, -0.15) is 0 Å². The number of ether oxygens (including phenoxy) is 1. The normalized spacial score (nSPS) is 20.9. The third-order valence-corrected chi connectivity index (χ3v) is 4.95. The van der Waals surface area contributed by atoms with Gasteiger partial charge in [-0.25, -0.2) is 0 Å². The SMILES string of the molecule is C[C@H]1CN([C@@H](CNCc2cccnc2)c2cccs2)CCO1. The maximum absolute atomic E-state index is 5.68. The fourth-order valence-electron chi connectivity index (χ4n) is 2.87. The van der Waals surface area contributed by atoms with Crippen LogP contribution < -0.4 is 5.32 Å². The van der Waals surface area contributed by atoms with Crippen molar-refractivity contribution in [3.8, 4) is 0 Å². The Morgan fingerprint density at radius 2 is 2.41 bits per heavy atom. The Balaban J connectivity index is 1.61. The van der Waals surface area contributed by atoms with E-state index in [1.807, 2.05) is 29.8 Å². The first kappa shape index (κ1) is 15.6. The second-order valence-corrected chi connectivity index (χ2v) is 6.68. The van der Waals surface area contributed by atoms with Crippen LogP contribution in [-0.2, 0) is 11.3 Å². The van der Waals surface area contributed by atoms with Gasteiger partial charge < -0.3 is 10.1 Å². The summed E-state index contributed by atoms with van der Waals surface area (Å²) in [5.74, 6) is 0. The lowest BCUT2D eigenvalue weighted by Gasteiger charge is -2.37. The van der Waals surface area contributed by atoms with Gasteiger partial charge >= 0.3 is 0 Å². The summed E-state index contributed by atoms with van der Waals surface area (Å²) in [6, 6.07) is 8.89. The second kappa shape index (κ2) is 7.83. The molecule has 3 heterocycles. The van der Waals surface area contributed by atoms with Crippen LogP contribution in [0.3, 0.4) is 0 Å². The minimum Gasteiger partial charge on any atom is -0.376 e. The lowest BCUT2D eigenvalue weighted by Crippen LogP contribution is -2.45. The van der Waals surface area contributed by atoms with Crippen LogP contribution >= 0.6 is 11.3 Å². The fraction of sp³-hybridized carbons (Fsp3) is 0.471. The number of nitrogens with zero attached hydrogens (tertiary/aromatic N) is 2. The van der Waals surface area contributed by atoms with Crippen molar-refractivity contribution in [2.45, 2.75) is 25.6 Å². The predicted molar refractivity (Wildman–Crippen MR) is 90.0 cm³/mol. The van der Waals surface area contributed by atoms with Gasteiger partial charge in [-0.3, -0.25) is 9.88 Å². The van der Waals surface area contributed by atoms with Crippen molar-refractivity contribution in [3.63, 3.8) is 0 Å². The smallest absolute Gasteiger partial charge is 0.0674 e. The van der Waals surface area contributed by atoms with Gasteiger partial charge in [0.2, 0.25) is 0 Å². The van der Waals surface area contributed by atoms with E-state index in [0.717, 1.165) is 32.8 Å². The van der Waals surface area contributed by atoms with Crippen molar-refractivity contribution < 1.29 is 4.74 Å². The molecule has 22 heavy (non-hydrogen) atoms. The van der Waals surface area contributed by atoms with Crippen molar-refractivity contribution in [3.05, 3.63) is 52.5 Å². The quantitative estimate of drug-likeness (QED) is 0.889. The van der Waals surface area contributed by atoms with E-state index in [0.29, 0.717) is 12.1 Å². The molecule has 0 aliphatic carbocycles. The van der Waals surface area contributed by atoms with E-state index in [1.165, 1.54) is 10.4 Å². The van der Waals surface area contributed by atoms with Crippen LogP contribution in [0.5, 0.6) is 0 Å². The Bertz CT molecular complexity index is 546. The molecule has 118 valence electrons. The topological polar surface area (TPSA) is 37.4 Å². The third kappa shape index (κ3) is 4.14. The highest BCUT2D eigenvalue weighted by molar-refractivity contribution is 7.10. The molecule has 0 radical (unpaired) electrons. The molecule has 4 nitrogen and oxygen atoms in total. The zero-order chi connectivity index (χ0) is 15.2.